The predicted molar refractivity (Wildman–Crippen MR) is 74.0 cm³/mol. The molecule has 19 heavy (non-hydrogen) atoms. The fraction of sp³-hybridized carbons (Fsp3) is 0.385. The van der Waals surface area contributed by atoms with E-state index in [0.717, 1.165) is 10.0 Å². The Morgan fingerprint density at radius 1 is 1.42 bits per heavy atom. The van der Waals surface area contributed by atoms with Crippen LogP contribution in [-0.2, 0) is 14.3 Å². The summed E-state index contributed by atoms with van der Waals surface area (Å²) in [5, 5.41) is 2.48. The van der Waals surface area contributed by atoms with Gasteiger partial charge in [0, 0.05) is 11.4 Å². The van der Waals surface area contributed by atoms with Gasteiger partial charge >= 0.3 is 5.97 Å². The Balaban J connectivity index is 2.67. The number of methoxy groups -OCH3 is 1. The van der Waals surface area contributed by atoms with Crippen LogP contribution in [0, 0.1) is 6.92 Å². The zero-order valence-electron chi connectivity index (χ0n) is 11.0. The Morgan fingerprint density at radius 3 is 2.63 bits per heavy atom. The minimum atomic E-state index is -0.813. The maximum Gasteiger partial charge on any atom is 0.331 e. The van der Waals surface area contributed by atoms with E-state index < -0.39 is 12.0 Å². The molecule has 0 fully saturated rings. The lowest BCUT2D eigenvalue weighted by Gasteiger charge is -2.16. The van der Waals surface area contributed by atoms with Gasteiger partial charge in [0.2, 0.25) is 5.91 Å². The van der Waals surface area contributed by atoms with E-state index in [1.165, 1.54) is 14.0 Å². The lowest BCUT2D eigenvalue weighted by atomic mass is 10.2. The highest BCUT2D eigenvalue weighted by Gasteiger charge is 2.20. The molecular formula is C13H16BrNO4. The van der Waals surface area contributed by atoms with Crippen LogP contribution < -0.4 is 10.1 Å². The molecule has 1 aromatic carbocycles. The lowest BCUT2D eigenvalue weighted by Crippen LogP contribution is -2.44. The van der Waals surface area contributed by atoms with Gasteiger partial charge < -0.3 is 14.8 Å². The van der Waals surface area contributed by atoms with Crippen LogP contribution in [0.25, 0.3) is 0 Å². The van der Waals surface area contributed by atoms with Crippen LogP contribution in [0.15, 0.2) is 22.7 Å². The number of carbonyl (C=O) groups excluding carboxylic acids is 2. The molecule has 0 bridgehead atoms. The van der Waals surface area contributed by atoms with Gasteiger partial charge in [0.15, 0.2) is 6.04 Å². The van der Waals surface area contributed by atoms with Crippen molar-refractivity contribution in [1.29, 1.82) is 0 Å². The maximum absolute atomic E-state index is 11.5. The molecule has 0 spiro atoms. The topological polar surface area (TPSA) is 64.6 Å². The molecule has 0 aliphatic heterocycles. The first-order valence-electron chi connectivity index (χ1n) is 5.68. The van der Waals surface area contributed by atoms with E-state index in [-0.39, 0.29) is 12.5 Å². The van der Waals surface area contributed by atoms with Crippen LogP contribution in [0.4, 0.5) is 0 Å². The molecule has 104 valence electrons. The summed E-state index contributed by atoms with van der Waals surface area (Å²) in [6, 6.07) is 4.66. The van der Waals surface area contributed by atoms with Gasteiger partial charge in [-0.2, -0.15) is 0 Å². The molecule has 6 heteroatoms. The predicted octanol–water partition coefficient (Wildman–Crippen LogP) is 1.81. The molecule has 1 atom stereocenters. The highest BCUT2D eigenvalue weighted by Crippen LogP contribution is 2.21. The van der Waals surface area contributed by atoms with E-state index in [9.17, 15) is 9.59 Å². The third-order valence-corrected chi connectivity index (χ3v) is 3.30. The Bertz CT molecular complexity index is 476. The Kier molecular flexibility index (Phi) is 5.82. The first-order valence-corrected chi connectivity index (χ1v) is 6.47. The quantitative estimate of drug-likeness (QED) is 0.837. The standard InChI is InChI=1S/C13H16BrNO4/c1-8-6-10(4-5-11(8)14)19-7-12(13(17)18-3)15-9(2)16/h4-6,12H,7H2,1-3H3,(H,15,16). The van der Waals surface area contributed by atoms with Gasteiger partial charge in [0.05, 0.1) is 7.11 Å². The van der Waals surface area contributed by atoms with Crippen molar-refractivity contribution in [2.45, 2.75) is 19.9 Å². The van der Waals surface area contributed by atoms with Crippen LogP contribution in [0.2, 0.25) is 0 Å². The van der Waals surface area contributed by atoms with Crippen molar-refractivity contribution < 1.29 is 19.1 Å². The van der Waals surface area contributed by atoms with E-state index in [2.05, 4.69) is 26.0 Å². The highest BCUT2D eigenvalue weighted by atomic mass is 79.9. The van der Waals surface area contributed by atoms with Crippen molar-refractivity contribution in [3.05, 3.63) is 28.2 Å². The molecule has 0 aromatic heterocycles. The summed E-state index contributed by atoms with van der Waals surface area (Å²) in [4.78, 5) is 22.5. The van der Waals surface area contributed by atoms with Gasteiger partial charge in [-0.1, -0.05) is 15.9 Å². The maximum atomic E-state index is 11.5. The number of hydrogen-bond acceptors (Lipinski definition) is 4. The average Bonchev–Trinajstić information content (AvgIpc) is 2.37. The van der Waals surface area contributed by atoms with Crippen LogP contribution >= 0.6 is 15.9 Å². The number of ether oxygens (including phenoxy) is 2. The second kappa shape index (κ2) is 7.13. The van der Waals surface area contributed by atoms with Gasteiger partial charge in [0.25, 0.3) is 0 Å². The molecule has 0 aliphatic carbocycles. The van der Waals surface area contributed by atoms with Gasteiger partial charge in [-0.3, -0.25) is 4.79 Å². The summed E-state index contributed by atoms with van der Waals surface area (Å²) in [5.74, 6) is -0.227. The van der Waals surface area contributed by atoms with Crippen LogP contribution in [-0.4, -0.2) is 31.6 Å². The smallest absolute Gasteiger partial charge is 0.331 e. The van der Waals surface area contributed by atoms with Crippen molar-refractivity contribution >= 4 is 27.8 Å². The van der Waals surface area contributed by atoms with Gasteiger partial charge in [-0.25, -0.2) is 4.79 Å². The molecule has 0 heterocycles. The molecule has 5 nitrogen and oxygen atoms in total. The Hall–Kier alpha value is -1.56. The number of carbonyl (C=O) groups is 2. The van der Waals surface area contributed by atoms with Crippen molar-refractivity contribution in [3.8, 4) is 5.75 Å². The molecule has 1 aromatic rings. The van der Waals surface area contributed by atoms with Crippen LogP contribution in [0.3, 0.4) is 0 Å². The van der Waals surface area contributed by atoms with Crippen LogP contribution in [0.1, 0.15) is 12.5 Å². The number of benzene rings is 1. The SMILES string of the molecule is COC(=O)C(COc1ccc(Br)c(C)c1)NC(C)=O. The fourth-order valence-electron chi connectivity index (χ4n) is 1.44. The minimum Gasteiger partial charge on any atom is -0.491 e. The second-order valence-electron chi connectivity index (χ2n) is 4.00. The third-order valence-electron chi connectivity index (χ3n) is 2.41. The summed E-state index contributed by atoms with van der Waals surface area (Å²) in [6.45, 7) is 3.29. The summed E-state index contributed by atoms with van der Waals surface area (Å²) < 4.78 is 11.1. The van der Waals surface area contributed by atoms with E-state index in [1.54, 1.807) is 6.07 Å². The molecule has 1 rings (SSSR count). The number of rotatable bonds is 5. The van der Waals surface area contributed by atoms with Crippen molar-refractivity contribution in [1.82, 2.24) is 5.32 Å². The van der Waals surface area contributed by atoms with E-state index in [0.29, 0.717) is 5.75 Å². The molecule has 0 aliphatic rings. The summed E-state index contributed by atoms with van der Waals surface area (Å²) in [6.07, 6.45) is 0. The molecule has 0 saturated carbocycles. The minimum absolute atomic E-state index is 0.0212. The first-order chi connectivity index (χ1) is 8.93. The van der Waals surface area contributed by atoms with Crippen molar-refractivity contribution in [2.24, 2.45) is 0 Å². The normalized spacial score (nSPS) is 11.6. The summed E-state index contributed by atoms with van der Waals surface area (Å²) in [7, 11) is 1.26. The first kappa shape index (κ1) is 15.5. The molecule has 1 N–H and O–H groups in total. The van der Waals surface area contributed by atoms with E-state index >= 15 is 0 Å². The largest absolute Gasteiger partial charge is 0.491 e. The number of aryl methyl sites for hydroxylation is 1. The Labute approximate surface area is 120 Å². The van der Waals surface area contributed by atoms with Gasteiger partial charge in [0.1, 0.15) is 12.4 Å². The van der Waals surface area contributed by atoms with E-state index in [1.807, 2.05) is 19.1 Å². The zero-order chi connectivity index (χ0) is 14.4. The average molecular weight is 330 g/mol. The molecule has 1 unspecified atom stereocenters. The molecule has 0 saturated heterocycles. The molecule has 0 radical (unpaired) electrons. The number of hydrogen-bond donors (Lipinski definition) is 1. The molecular weight excluding hydrogens is 314 g/mol. The van der Waals surface area contributed by atoms with Crippen LogP contribution in [0.5, 0.6) is 5.75 Å². The monoisotopic (exact) mass is 329 g/mol. The number of esters is 1. The Morgan fingerprint density at radius 2 is 2.11 bits per heavy atom. The van der Waals surface area contributed by atoms with Crippen molar-refractivity contribution in [2.75, 3.05) is 13.7 Å². The zero-order valence-corrected chi connectivity index (χ0v) is 12.6. The fourth-order valence-corrected chi connectivity index (χ4v) is 1.69. The summed E-state index contributed by atoms with van der Waals surface area (Å²) in [5.41, 5.74) is 1.02. The van der Waals surface area contributed by atoms with Gasteiger partial charge in [-0.05, 0) is 30.7 Å². The third kappa shape index (κ3) is 4.90. The molecule has 1 amide bonds. The number of amides is 1. The highest BCUT2D eigenvalue weighted by molar-refractivity contribution is 9.10. The lowest BCUT2D eigenvalue weighted by molar-refractivity contribution is -0.145. The number of halogens is 1. The van der Waals surface area contributed by atoms with Crippen molar-refractivity contribution in [3.63, 3.8) is 0 Å². The number of nitrogens with one attached hydrogen (secondary N) is 1. The summed E-state index contributed by atoms with van der Waals surface area (Å²) >= 11 is 3.39. The second-order valence-corrected chi connectivity index (χ2v) is 4.85. The van der Waals surface area contributed by atoms with E-state index in [4.69, 9.17) is 4.74 Å². The van der Waals surface area contributed by atoms with Gasteiger partial charge in [-0.15, -0.1) is 0 Å².